The average molecular weight is 327 g/mol. The first-order chi connectivity index (χ1) is 11.7. The summed E-state index contributed by atoms with van der Waals surface area (Å²) < 4.78 is 0. The number of aryl methyl sites for hydroxylation is 1. The van der Waals surface area contributed by atoms with Crippen LogP contribution in [0.25, 0.3) is 0 Å². The van der Waals surface area contributed by atoms with Crippen LogP contribution < -0.4 is 0 Å². The molecule has 2 N–H and O–H groups in total. The van der Waals surface area contributed by atoms with Crippen molar-refractivity contribution in [2.45, 2.75) is 38.7 Å². The monoisotopic (exact) mass is 327 g/mol. The van der Waals surface area contributed by atoms with Gasteiger partial charge in [0.1, 0.15) is 0 Å². The largest absolute Gasteiger partial charge is 0.392 e. The molecule has 2 heterocycles. The number of aromatic amines is 1. The third-order valence-electron chi connectivity index (χ3n) is 4.96. The zero-order valence-electron chi connectivity index (χ0n) is 14.1. The van der Waals surface area contributed by atoms with E-state index in [2.05, 4.69) is 10.2 Å². The molecule has 1 fully saturated rings. The lowest BCUT2D eigenvalue weighted by molar-refractivity contribution is 0.0467. The number of aromatic nitrogens is 2. The summed E-state index contributed by atoms with van der Waals surface area (Å²) in [6.45, 7) is 3.41. The molecular weight excluding hydrogens is 302 g/mol. The maximum absolute atomic E-state index is 12.6. The van der Waals surface area contributed by atoms with Gasteiger partial charge in [0.2, 0.25) is 0 Å². The first kappa shape index (κ1) is 16.7. The molecule has 1 aliphatic rings. The van der Waals surface area contributed by atoms with Gasteiger partial charge in [-0.05, 0) is 37.2 Å². The van der Waals surface area contributed by atoms with Gasteiger partial charge in [-0.2, -0.15) is 5.10 Å². The quantitative estimate of drug-likeness (QED) is 0.886. The highest BCUT2D eigenvalue weighted by atomic mass is 16.3. The summed E-state index contributed by atoms with van der Waals surface area (Å²) in [5.41, 5.74) is 2.74. The number of nitrogens with one attached hydrogen (secondary N) is 1. The lowest BCUT2D eigenvalue weighted by Crippen LogP contribution is -2.41. The number of aliphatic hydroxyl groups is 1. The molecule has 3 rings (SSSR count). The summed E-state index contributed by atoms with van der Waals surface area (Å²) in [6, 6.07) is 10.1. The van der Waals surface area contributed by atoms with Gasteiger partial charge in [0.15, 0.2) is 0 Å². The van der Waals surface area contributed by atoms with Crippen LogP contribution in [0.2, 0.25) is 0 Å². The summed E-state index contributed by atoms with van der Waals surface area (Å²) in [7, 11) is 0. The fraction of sp³-hybridized carbons (Fsp3) is 0.474. The van der Waals surface area contributed by atoms with E-state index in [4.69, 9.17) is 0 Å². The summed E-state index contributed by atoms with van der Waals surface area (Å²) >= 11 is 0. The molecule has 1 atom stereocenters. The second-order valence-electron chi connectivity index (χ2n) is 6.50. The number of H-pyrrole nitrogens is 1. The van der Waals surface area contributed by atoms with Crippen LogP contribution in [0, 0.1) is 5.92 Å². The molecular formula is C19H25N3O2. The Morgan fingerprint density at radius 1 is 1.33 bits per heavy atom. The van der Waals surface area contributed by atoms with E-state index in [9.17, 15) is 9.90 Å². The molecule has 0 saturated carbocycles. The predicted molar refractivity (Wildman–Crippen MR) is 92.7 cm³/mol. The molecule has 0 radical (unpaired) electrons. The molecule has 1 saturated heterocycles. The SMILES string of the molecule is CCc1[nH]ncc1C(=O)N1CCC([C@@H](O)Cc2ccccc2)CC1. The molecule has 1 aromatic carbocycles. The van der Waals surface area contributed by atoms with Gasteiger partial charge in [-0.3, -0.25) is 9.89 Å². The van der Waals surface area contributed by atoms with Gasteiger partial charge in [-0.25, -0.2) is 0 Å². The van der Waals surface area contributed by atoms with Crippen LogP contribution in [-0.2, 0) is 12.8 Å². The summed E-state index contributed by atoms with van der Waals surface area (Å²) in [5.74, 6) is 0.306. The minimum Gasteiger partial charge on any atom is -0.392 e. The third-order valence-corrected chi connectivity index (χ3v) is 4.96. The number of rotatable bonds is 5. The molecule has 0 spiro atoms. The minimum absolute atomic E-state index is 0.0524. The molecule has 1 aromatic heterocycles. The number of carbonyl (C=O) groups excluding carboxylic acids is 1. The third kappa shape index (κ3) is 3.67. The second kappa shape index (κ2) is 7.62. The maximum Gasteiger partial charge on any atom is 0.257 e. The zero-order valence-corrected chi connectivity index (χ0v) is 14.1. The number of amides is 1. The van der Waals surface area contributed by atoms with Gasteiger partial charge < -0.3 is 10.0 Å². The number of benzene rings is 1. The lowest BCUT2D eigenvalue weighted by Gasteiger charge is -2.34. The van der Waals surface area contributed by atoms with Gasteiger partial charge in [-0.1, -0.05) is 37.3 Å². The van der Waals surface area contributed by atoms with Crippen LogP contribution in [0.1, 0.15) is 41.4 Å². The van der Waals surface area contributed by atoms with Crippen LogP contribution >= 0.6 is 0 Å². The number of carbonyl (C=O) groups is 1. The molecule has 0 aliphatic carbocycles. The second-order valence-corrected chi connectivity index (χ2v) is 6.50. The van der Waals surface area contributed by atoms with Gasteiger partial charge in [0.25, 0.3) is 5.91 Å². The Morgan fingerprint density at radius 3 is 2.71 bits per heavy atom. The van der Waals surface area contributed by atoms with Crippen molar-refractivity contribution in [2.24, 2.45) is 5.92 Å². The zero-order chi connectivity index (χ0) is 16.9. The fourth-order valence-corrected chi connectivity index (χ4v) is 3.45. The van der Waals surface area contributed by atoms with Crippen LogP contribution in [0.5, 0.6) is 0 Å². The molecule has 1 aliphatic heterocycles. The van der Waals surface area contributed by atoms with E-state index in [1.165, 1.54) is 0 Å². The number of aliphatic hydroxyl groups excluding tert-OH is 1. The maximum atomic E-state index is 12.6. The highest BCUT2D eigenvalue weighted by molar-refractivity contribution is 5.95. The molecule has 0 unspecified atom stereocenters. The van der Waals surface area contributed by atoms with Crippen molar-refractivity contribution in [2.75, 3.05) is 13.1 Å². The summed E-state index contributed by atoms with van der Waals surface area (Å²) in [4.78, 5) is 14.5. The van der Waals surface area contributed by atoms with E-state index in [0.717, 1.165) is 30.5 Å². The molecule has 1 amide bonds. The topological polar surface area (TPSA) is 69.2 Å². The first-order valence-electron chi connectivity index (χ1n) is 8.72. The Kier molecular flexibility index (Phi) is 5.30. The van der Waals surface area contributed by atoms with E-state index in [1.807, 2.05) is 42.2 Å². The lowest BCUT2D eigenvalue weighted by atomic mass is 9.87. The number of piperidine rings is 1. The predicted octanol–water partition coefficient (Wildman–Crippen LogP) is 2.43. The van der Waals surface area contributed by atoms with E-state index < -0.39 is 0 Å². The Hall–Kier alpha value is -2.14. The van der Waals surface area contributed by atoms with Crippen LogP contribution in [0.15, 0.2) is 36.5 Å². The Labute approximate surface area is 142 Å². The van der Waals surface area contributed by atoms with Gasteiger partial charge >= 0.3 is 0 Å². The van der Waals surface area contributed by atoms with Crippen LogP contribution in [-0.4, -0.2) is 45.3 Å². The van der Waals surface area contributed by atoms with Crippen molar-refractivity contribution in [3.05, 3.63) is 53.3 Å². The standard InChI is InChI=1S/C19H25N3O2/c1-2-17-16(13-20-21-17)19(24)22-10-8-15(9-11-22)18(23)12-14-6-4-3-5-7-14/h3-7,13,15,18,23H,2,8-12H2,1H3,(H,20,21)/t18-/m0/s1. The molecule has 2 aromatic rings. The fourth-order valence-electron chi connectivity index (χ4n) is 3.45. The Morgan fingerprint density at radius 2 is 2.04 bits per heavy atom. The van der Waals surface area contributed by atoms with Crippen molar-refractivity contribution in [1.82, 2.24) is 15.1 Å². The molecule has 0 bridgehead atoms. The van der Waals surface area contributed by atoms with Gasteiger partial charge in [0, 0.05) is 18.8 Å². The number of nitrogens with zero attached hydrogens (tertiary/aromatic N) is 2. The number of hydrogen-bond acceptors (Lipinski definition) is 3. The van der Waals surface area contributed by atoms with Crippen molar-refractivity contribution < 1.29 is 9.90 Å². The van der Waals surface area contributed by atoms with Crippen molar-refractivity contribution in [3.63, 3.8) is 0 Å². The first-order valence-corrected chi connectivity index (χ1v) is 8.72. The molecule has 5 nitrogen and oxygen atoms in total. The number of hydrogen-bond donors (Lipinski definition) is 2. The molecule has 128 valence electrons. The van der Waals surface area contributed by atoms with Crippen molar-refractivity contribution in [1.29, 1.82) is 0 Å². The van der Waals surface area contributed by atoms with Gasteiger partial charge in [-0.15, -0.1) is 0 Å². The Balaban J connectivity index is 1.54. The van der Waals surface area contributed by atoms with Crippen molar-refractivity contribution in [3.8, 4) is 0 Å². The highest BCUT2D eigenvalue weighted by Crippen LogP contribution is 2.24. The average Bonchev–Trinajstić information content (AvgIpc) is 3.11. The summed E-state index contributed by atoms with van der Waals surface area (Å²) in [6.07, 6.45) is 4.43. The minimum atomic E-state index is -0.343. The van der Waals surface area contributed by atoms with Crippen molar-refractivity contribution >= 4 is 5.91 Å². The molecule has 5 heteroatoms. The van der Waals surface area contributed by atoms with E-state index >= 15 is 0 Å². The van der Waals surface area contributed by atoms with Crippen LogP contribution in [0.4, 0.5) is 0 Å². The Bertz CT molecular complexity index is 660. The molecule has 24 heavy (non-hydrogen) atoms. The number of likely N-dealkylation sites (tertiary alicyclic amines) is 1. The van der Waals surface area contributed by atoms with E-state index in [-0.39, 0.29) is 17.9 Å². The van der Waals surface area contributed by atoms with Crippen LogP contribution in [0.3, 0.4) is 0 Å². The van der Waals surface area contributed by atoms with E-state index in [0.29, 0.717) is 25.1 Å². The normalized spacial score (nSPS) is 17.0. The smallest absolute Gasteiger partial charge is 0.257 e. The summed E-state index contributed by atoms with van der Waals surface area (Å²) in [5, 5.41) is 17.4. The van der Waals surface area contributed by atoms with Gasteiger partial charge in [0.05, 0.1) is 17.9 Å². The highest BCUT2D eigenvalue weighted by Gasteiger charge is 2.29. The van der Waals surface area contributed by atoms with E-state index in [1.54, 1.807) is 6.20 Å².